The first-order valence-corrected chi connectivity index (χ1v) is 16.1. The lowest BCUT2D eigenvalue weighted by atomic mass is 9.89. The van der Waals surface area contributed by atoms with Crippen molar-refractivity contribution in [1.29, 1.82) is 0 Å². The number of carbonyl (C=O) groups excluding carboxylic acids is 2. The summed E-state index contributed by atoms with van der Waals surface area (Å²) in [6.45, 7) is 5.25. The zero-order valence-electron chi connectivity index (χ0n) is 27.5. The number of nitrogens with zero attached hydrogens (tertiary/aromatic N) is 3. The summed E-state index contributed by atoms with van der Waals surface area (Å²) in [7, 11) is 3.21. The molecule has 10 heteroatoms. The number of rotatable bonds is 11. The molecule has 2 amide bonds. The number of piperidine rings is 1. The van der Waals surface area contributed by atoms with Crippen LogP contribution in [0.15, 0.2) is 73.1 Å². The topological polar surface area (TPSA) is 114 Å². The van der Waals surface area contributed by atoms with Crippen LogP contribution in [0.25, 0.3) is 21.8 Å². The van der Waals surface area contributed by atoms with Crippen LogP contribution in [0.5, 0.6) is 17.2 Å². The molecule has 5 aromatic rings. The number of hydrazine groups is 1. The van der Waals surface area contributed by atoms with E-state index in [9.17, 15) is 14.7 Å². The van der Waals surface area contributed by atoms with Gasteiger partial charge in [0.2, 0.25) is 11.8 Å². The number of phenols is 1. The Labute approximate surface area is 274 Å². The van der Waals surface area contributed by atoms with Crippen molar-refractivity contribution in [2.45, 2.75) is 51.6 Å². The summed E-state index contributed by atoms with van der Waals surface area (Å²) >= 11 is 0. The predicted molar refractivity (Wildman–Crippen MR) is 182 cm³/mol. The smallest absolute Gasteiger partial charge is 0.234 e. The molecule has 10 nitrogen and oxygen atoms in total. The number of nitrogens with one attached hydrogen (secondary N) is 2. The van der Waals surface area contributed by atoms with Crippen LogP contribution in [0.3, 0.4) is 0 Å². The summed E-state index contributed by atoms with van der Waals surface area (Å²) in [5.74, 6) is 1.70. The van der Waals surface area contributed by atoms with Gasteiger partial charge in [-0.05, 0) is 78.3 Å². The number of aromatic hydroxyl groups is 1. The van der Waals surface area contributed by atoms with Crippen molar-refractivity contribution >= 4 is 33.6 Å². The van der Waals surface area contributed by atoms with Crippen molar-refractivity contribution in [3.8, 4) is 17.2 Å². The van der Waals surface area contributed by atoms with Crippen molar-refractivity contribution < 1.29 is 24.2 Å². The second kappa shape index (κ2) is 13.8. The third kappa shape index (κ3) is 6.92. The van der Waals surface area contributed by atoms with Crippen molar-refractivity contribution in [3.63, 3.8) is 0 Å². The molecule has 1 aliphatic rings. The van der Waals surface area contributed by atoms with Gasteiger partial charge in [0, 0.05) is 80.3 Å². The van der Waals surface area contributed by atoms with Crippen molar-refractivity contribution in [3.05, 3.63) is 89.7 Å². The van der Waals surface area contributed by atoms with Crippen molar-refractivity contribution in [2.24, 2.45) is 0 Å². The fourth-order valence-electron chi connectivity index (χ4n) is 7.07. The van der Waals surface area contributed by atoms with Crippen LogP contribution < -0.4 is 9.47 Å². The van der Waals surface area contributed by atoms with E-state index in [2.05, 4.69) is 21.0 Å². The number of para-hydroxylation sites is 1. The molecule has 0 radical (unpaired) electrons. The van der Waals surface area contributed by atoms with Gasteiger partial charge < -0.3 is 29.4 Å². The molecule has 1 fully saturated rings. The molecule has 1 saturated heterocycles. The van der Waals surface area contributed by atoms with Crippen LogP contribution >= 0.6 is 0 Å². The highest BCUT2D eigenvalue weighted by molar-refractivity contribution is 5.85. The van der Waals surface area contributed by atoms with Gasteiger partial charge in [0.05, 0.1) is 20.3 Å². The summed E-state index contributed by atoms with van der Waals surface area (Å²) in [4.78, 5) is 35.3. The molecule has 246 valence electrons. The van der Waals surface area contributed by atoms with E-state index in [1.165, 1.54) is 5.56 Å². The fraction of sp³-hybridized carbons (Fsp3) is 0.351. The first kappa shape index (κ1) is 32.0. The van der Waals surface area contributed by atoms with E-state index in [4.69, 9.17) is 9.47 Å². The first-order chi connectivity index (χ1) is 22.7. The Bertz CT molecular complexity index is 1850. The van der Waals surface area contributed by atoms with Gasteiger partial charge in [0.1, 0.15) is 17.2 Å². The third-order valence-corrected chi connectivity index (χ3v) is 9.37. The molecule has 47 heavy (non-hydrogen) atoms. The summed E-state index contributed by atoms with van der Waals surface area (Å²) in [6, 6.07) is 18.9. The second-order valence-electron chi connectivity index (χ2n) is 12.4. The number of fused-ring (bicyclic) bond motifs is 2. The van der Waals surface area contributed by atoms with Gasteiger partial charge in [-0.15, -0.1) is 0 Å². The van der Waals surface area contributed by atoms with Gasteiger partial charge in [-0.2, -0.15) is 0 Å². The highest BCUT2D eigenvalue weighted by atomic mass is 16.5. The van der Waals surface area contributed by atoms with E-state index in [-0.39, 0.29) is 23.6 Å². The molecule has 0 unspecified atom stereocenters. The molecule has 3 heterocycles. The van der Waals surface area contributed by atoms with Gasteiger partial charge in [-0.25, -0.2) is 5.01 Å². The molecular formula is C37H43N5O5. The number of H-pyrrole nitrogens is 2. The molecule has 3 N–H and O–H groups in total. The van der Waals surface area contributed by atoms with Gasteiger partial charge in [0.15, 0.2) is 0 Å². The lowest BCUT2D eigenvalue weighted by Crippen LogP contribution is -2.57. The van der Waals surface area contributed by atoms with Crippen LogP contribution in [-0.4, -0.2) is 81.7 Å². The zero-order valence-corrected chi connectivity index (χ0v) is 27.5. The number of methoxy groups -OCH3 is 2. The SMILES string of the molecule is COc1cc(CN(C[C@@H](Cc2c[nH]c3ccccc23)N(C(C)=O)N2CCC(c3c[nH]c4ccc(O)cc34)CC2)C(C)=O)cc(OC)c1. The van der Waals surface area contributed by atoms with E-state index >= 15 is 0 Å². The number of benzene rings is 3. The van der Waals surface area contributed by atoms with E-state index in [1.807, 2.05) is 65.9 Å². The van der Waals surface area contributed by atoms with Gasteiger partial charge in [-0.3, -0.25) is 14.6 Å². The van der Waals surface area contributed by atoms with Gasteiger partial charge in [0.25, 0.3) is 0 Å². The van der Waals surface area contributed by atoms with Gasteiger partial charge in [-0.1, -0.05) is 18.2 Å². The fourth-order valence-corrected chi connectivity index (χ4v) is 7.07. The number of phenolic OH excluding ortho intramolecular Hbond substituents is 1. The van der Waals surface area contributed by atoms with Gasteiger partial charge >= 0.3 is 0 Å². The Balaban J connectivity index is 1.28. The minimum Gasteiger partial charge on any atom is -0.508 e. The highest BCUT2D eigenvalue weighted by Gasteiger charge is 2.34. The van der Waals surface area contributed by atoms with E-state index in [0.29, 0.717) is 50.0 Å². The molecule has 3 aromatic carbocycles. The summed E-state index contributed by atoms with van der Waals surface area (Å²) < 4.78 is 11.0. The Morgan fingerprint density at radius 1 is 0.894 bits per heavy atom. The van der Waals surface area contributed by atoms with Crippen LogP contribution in [-0.2, 0) is 22.6 Å². The third-order valence-electron chi connectivity index (χ3n) is 9.37. The summed E-state index contributed by atoms with van der Waals surface area (Å²) in [6.07, 6.45) is 6.33. The summed E-state index contributed by atoms with van der Waals surface area (Å²) in [5.41, 5.74) is 5.20. The average molecular weight is 638 g/mol. The molecule has 1 aliphatic heterocycles. The maximum Gasteiger partial charge on any atom is 0.234 e. The predicted octanol–water partition coefficient (Wildman–Crippen LogP) is 5.97. The second-order valence-corrected chi connectivity index (χ2v) is 12.4. The standard InChI is InChI=1S/C37H43N5O5/c1-24(43)40(22-26-15-31(46-3)19-32(16-26)47-4)23-29(17-28-20-38-36-8-6-5-7-33(28)36)42(25(2)44)41-13-11-27(12-14-41)35-21-39-37-10-9-30(45)18-34(35)37/h5-10,15-16,18-21,27,29,38-39,45H,11-14,17,22-23H2,1-4H3/t29-/m1/s1. The number of hydrogen-bond acceptors (Lipinski definition) is 6. The Kier molecular flexibility index (Phi) is 9.40. The monoisotopic (exact) mass is 637 g/mol. The molecule has 0 aliphatic carbocycles. The van der Waals surface area contributed by atoms with Crippen LogP contribution in [0.2, 0.25) is 0 Å². The molecular weight excluding hydrogens is 594 g/mol. The van der Waals surface area contributed by atoms with Crippen LogP contribution in [0.1, 0.15) is 49.3 Å². The lowest BCUT2D eigenvalue weighted by Gasteiger charge is -2.44. The lowest BCUT2D eigenvalue weighted by molar-refractivity contribution is -0.158. The molecule has 6 rings (SSSR count). The van der Waals surface area contributed by atoms with E-state index in [1.54, 1.807) is 39.0 Å². The molecule has 1 atom stereocenters. The van der Waals surface area contributed by atoms with Crippen molar-refractivity contribution in [2.75, 3.05) is 33.9 Å². The number of amides is 2. The average Bonchev–Trinajstić information content (AvgIpc) is 3.68. The Morgan fingerprint density at radius 3 is 2.26 bits per heavy atom. The number of ether oxygens (including phenoxy) is 2. The van der Waals surface area contributed by atoms with Crippen LogP contribution in [0, 0.1) is 0 Å². The minimum atomic E-state index is -0.315. The molecule has 0 saturated carbocycles. The Hall–Kier alpha value is -4.96. The largest absolute Gasteiger partial charge is 0.508 e. The molecule has 0 spiro atoms. The quantitative estimate of drug-likeness (QED) is 0.164. The number of hydrogen-bond donors (Lipinski definition) is 3. The number of aromatic nitrogens is 2. The van der Waals surface area contributed by atoms with Crippen LogP contribution in [0.4, 0.5) is 0 Å². The highest BCUT2D eigenvalue weighted by Crippen LogP contribution is 2.35. The number of carbonyl (C=O) groups is 2. The van der Waals surface area contributed by atoms with E-state index in [0.717, 1.165) is 45.8 Å². The van der Waals surface area contributed by atoms with E-state index < -0.39 is 0 Å². The maximum absolute atomic E-state index is 13.6. The molecule has 2 aromatic heterocycles. The van der Waals surface area contributed by atoms with Crippen molar-refractivity contribution in [1.82, 2.24) is 24.9 Å². The Morgan fingerprint density at radius 2 is 1.57 bits per heavy atom. The number of aromatic amines is 2. The first-order valence-electron chi connectivity index (χ1n) is 16.1. The summed E-state index contributed by atoms with van der Waals surface area (Å²) in [5, 5.41) is 16.3. The molecule has 0 bridgehead atoms. The zero-order chi connectivity index (χ0) is 33.1. The minimum absolute atomic E-state index is 0.0585. The maximum atomic E-state index is 13.6. The normalized spacial score (nSPS) is 14.7.